The lowest BCUT2D eigenvalue weighted by Crippen LogP contribution is -2.46. The van der Waals surface area contributed by atoms with Gasteiger partial charge in [0.25, 0.3) is 0 Å². The van der Waals surface area contributed by atoms with Crippen molar-refractivity contribution in [3.8, 4) is 0 Å². The van der Waals surface area contributed by atoms with Crippen LogP contribution in [0.2, 0.25) is 0 Å². The van der Waals surface area contributed by atoms with Crippen LogP contribution in [0.3, 0.4) is 0 Å². The topological polar surface area (TPSA) is 47.9 Å². The van der Waals surface area contributed by atoms with Crippen LogP contribution >= 0.6 is 24.0 Å². The first-order valence-corrected chi connectivity index (χ1v) is 7.78. The van der Waals surface area contributed by atoms with E-state index in [4.69, 9.17) is 0 Å². The lowest BCUT2D eigenvalue weighted by molar-refractivity contribution is -0.127. The fourth-order valence-corrected chi connectivity index (χ4v) is 2.15. The fraction of sp³-hybridized carbons (Fsp3) is 0.867. The zero-order chi connectivity index (χ0) is 15.0. The third-order valence-electron chi connectivity index (χ3n) is 3.76. The number of hydrogen-bond acceptors (Lipinski definition) is 2. The van der Waals surface area contributed by atoms with Gasteiger partial charge >= 0.3 is 0 Å². The third kappa shape index (κ3) is 7.87. The molecule has 0 atom stereocenters. The highest BCUT2D eigenvalue weighted by Gasteiger charge is 2.19. The number of likely N-dealkylation sites (tertiary alicyclic amines) is 1. The molecule has 0 saturated carbocycles. The Kier molecular flexibility index (Phi) is 10.8. The average molecular weight is 410 g/mol. The Labute approximate surface area is 146 Å². The Morgan fingerprint density at radius 1 is 1.33 bits per heavy atom. The quantitative estimate of drug-likeness (QED) is 0.327. The van der Waals surface area contributed by atoms with E-state index in [1.807, 2.05) is 0 Å². The number of piperidine rings is 1. The summed E-state index contributed by atoms with van der Waals surface area (Å²) in [4.78, 5) is 20.1. The number of likely N-dealkylation sites (N-methyl/N-ethyl adjacent to an activating group) is 1. The highest BCUT2D eigenvalue weighted by atomic mass is 127. The second kappa shape index (κ2) is 11.1. The Bertz CT molecular complexity index is 326. The van der Waals surface area contributed by atoms with Crippen molar-refractivity contribution in [3.05, 3.63) is 0 Å². The van der Waals surface area contributed by atoms with Gasteiger partial charge in [-0.05, 0) is 25.2 Å². The summed E-state index contributed by atoms with van der Waals surface area (Å²) in [6.07, 6.45) is 4.70. The van der Waals surface area contributed by atoms with Crippen molar-refractivity contribution in [2.45, 2.75) is 39.5 Å². The number of hydrogen-bond donors (Lipinski definition) is 1. The molecule has 124 valence electrons. The molecule has 0 aliphatic carbocycles. The minimum absolute atomic E-state index is 0. The SMILES string of the molecule is CCCCNC(=NCC(=O)N(C)C)N1CCC(C)CC1.I. The Morgan fingerprint density at radius 3 is 2.48 bits per heavy atom. The van der Waals surface area contributed by atoms with Crippen LogP contribution in [0, 0.1) is 5.92 Å². The number of guanidine groups is 1. The van der Waals surface area contributed by atoms with E-state index in [0.29, 0.717) is 0 Å². The molecule has 5 nitrogen and oxygen atoms in total. The Hall–Kier alpha value is -0.530. The highest BCUT2D eigenvalue weighted by Crippen LogP contribution is 2.15. The Balaban J connectivity index is 0.00000400. The summed E-state index contributed by atoms with van der Waals surface area (Å²) in [5, 5.41) is 3.40. The van der Waals surface area contributed by atoms with Crippen molar-refractivity contribution >= 4 is 35.8 Å². The largest absolute Gasteiger partial charge is 0.356 e. The predicted octanol–water partition coefficient (Wildman–Crippen LogP) is 2.17. The van der Waals surface area contributed by atoms with Gasteiger partial charge in [0.2, 0.25) is 5.91 Å². The van der Waals surface area contributed by atoms with Gasteiger partial charge in [0, 0.05) is 33.7 Å². The minimum atomic E-state index is 0. The molecule has 0 radical (unpaired) electrons. The van der Waals surface area contributed by atoms with Gasteiger partial charge in [0.05, 0.1) is 0 Å². The number of aliphatic imine (C=N–C) groups is 1. The summed E-state index contributed by atoms with van der Waals surface area (Å²) in [5.74, 6) is 1.75. The first-order valence-electron chi connectivity index (χ1n) is 7.78. The number of carbonyl (C=O) groups is 1. The van der Waals surface area contributed by atoms with E-state index in [9.17, 15) is 4.79 Å². The molecule has 0 aromatic carbocycles. The van der Waals surface area contributed by atoms with Crippen LogP contribution in [0.25, 0.3) is 0 Å². The van der Waals surface area contributed by atoms with E-state index in [2.05, 4.69) is 29.1 Å². The highest BCUT2D eigenvalue weighted by molar-refractivity contribution is 14.0. The molecule has 1 heterocycles. The molecule has 21 heavy (non-hydrogen) atoms. The van der Waals surface area contributed by atoms with Crippen LogP contribution in [-0.2, 0) is 4.79 Å². The maximum Gasteiger partial charge on any atom is 0.243 e. The molecule has 0 aromatic rings. The zero-order valence-electron chi connectivity index (χ0n) is 13.9. The summed E-state index contributed by atoms with van der Waals surface area (Å²) in [7, 11) is 3.54. The van der Waals surface area contributed by atoms with Gasteiger partial charge in [-0.2, -0.15) is 0 Å². The first-order chi connectivity index (χ1) is 9.54. The second-order valence-electron chi connectivity index (χ2n) is 5.88. The van der Waals surface area contributed by atoms with Gasteiger partial charge in [0.1, 0.15) is 6.54 Å². The molecule has 6 heteroatoms. The van der Waals surface area contributed by atoms with Gasteiger partial charge in [-0.15, -0.1) is 24.0 Å². The first kappa shape index (κ1) is 20.5. The van der Waals surface area contributed by atoms with Crippen molar-refractivity contribution in [1.29, 1.82) is 0 Å². The number of unbranched alkanes of at least 4 members (excludes halogenated alkanes) is 1. The van der Waals surface area contributed by atoms with Crippen LogP contribution in [-0.4, -0.2) is 61.9 Å². The molecular formula is C15H31IN4O. The number of carbonyl (C=O) groups excluding carboxylic acids is 1. The smallest absolute Gasteiger partial charge is 0.243 e. The summed E-state index contributed by atoms with van der Waals surface area (Å²) in [5.41, 5.74) is 0. The van der Waals surface area contributed by atoms with Gasteiger partial charge in [-0.25, -0.2) is 4.99 Å². The molecule has 0 bridgehead atoms. The zero-order valence-corrected chi connectivity index (χ0v) is 16.2. The van der Waals surface area contributed by atoms with Crippen LogP contribution < -0.4 is 5.32 Å². The van der Waals surface area contributed by atoms with Crippen molar-refractivity contribution < 1.29 is 4.79 Å². The molecule has 1 aliphatic heterocycles. The van der Waals surface area contributed by atoms with Crippen LogP contribution in [0.15, 0.2) is 4.99 Å². The van der Waals surface area contributed by atoms with Gasteiger partial charge in [-0.3, -0.25) is 4.79 Å². The molecular weight excluding hydrogens is 379 g/mol. The number of amides is 1. The van der Waals surface area contributed by atoms with Crippen LogP contribution in [0.4, 0.5) is 0 Å². The van der Waals surface area contributed by atoms with Crippen molar-refractivity contribution in [3.63, 3.8) is 0 Å². The third-order valence-corrected chi connectivity index (χ3v) is 3.76. The molecule has 1 fully saturated rings. The fourth-order valence-electron chi connectivity index (χ4n) is 2.15. The molecule has 1 aliphatic rings. The average Bonchev–Trinajstić information content (AvgIpc) is 2.43. The maximum atomic E-state index is 11.7. The van der Waals surface area contributed by atoms with E-state index >= 15 is 0 Å². The molecule has 1 saturated heterocycles. The molecule has 1 amide bonds. The standard InChI is InChI=1S/C15H30N4O.HI/c1-5-6-9-16-15(17-12-14(20)18(3)4)19-10-7-13(2)8-11-19;/h13H,5-12H2,1-4H3,(H,16,17);1H. The second-order valence-corrected chi connectivity index (χ2v) is 5.88. The summed E-state index contributed by atoms with van der Waals surface area (Å²) in [6, 6.07) is 0. The number of halogens is 1. The number of rotatable bonds is 5. The normalized spacial score (nSPS) is 16.4. The summed E-state index contributed by atoms with van der Waals surface area (Å²) >= 11 is 0. The molecule has 0 spiro atoms. The summed E-state index contributed by atoms with van der Waals surface area (Å²) < 4.78 is 0. The lowest BCUT2D eigenvalue weighted by atomic mass is 10.00. The predicted molar refractivity (Wildman–Crippen MR) is 99.3 cm³/mol. The minimum Gasteiger partial charge on any atom is -0.356 e. The lowest BCUT2D eigenvalue weighted by Gasteiger charge is -2.33. The van der Waals surface area contributed by atoms with E-state index in [1.54, 1.807) is 19.0 Å². The van der Waals surface area contributed by atoms with E-state index in [1.165, 1.54) is 12.8 Å². The van der Waals surface area contributed by atoms with Crippen molar-refractivity contribution in [2.75, 3.05) is 40.3 Å². The molecule has 1 rings (SSSR count). The Morgan fingerprint density at radius 2 is 1.95 bits per heavy atom. The van der Waals surface area contributed by atoms with E-state index < -0.39 is 0 Å². The van der Waals surface area contributed by atoms with Crippen molar-refractivity contribution in [2.24, 2.45) is 10.9 Å². The van der Waals surface area contributed by atoms with E-state index in [0.717, 1.165) is 44.4 Å². The summed E-state index contributed by atoms with van der Waals surface area (Å²) in [6.45, 7) is 7.71. The number of nitrogens with one attached hydrogen (secondary N) is 1. The van der Waals surface area contributed by atoms with Crippen LogP contribution in [0.5, 0.6) is 0 Å². The van der Waals surface area contributed by atoms with E-state index in [-0.39, 0.29) is 36.4 Å². The van der Waals surface area contributed by atoms with Crippen LogP contribution in [0.1, 0.15) is 39.5 Å². The monoisotopic (exact) mass is 410 g/mol. The van der Waals surface area contributed by atoms with Gasteiger partial charge in [0.15, 0.2) is 5.96 Å². The molecule has 0 aromatic heterocycles. The van der Waals surface area contributed by atoms with Gasteiger partial charge < -0.3 is 15.1 Å². The maximum absolute atomic E-state index is 11.7. The van der Waals surface area contributed by atoms with Gasteiger partial charge in [-0.1, -0.05) is 20.3 Å². The van der Waals surface area contributed by atoms with Crippen molar-refractivity contribution in [1.82, 2.24) is 15.1 Å². The number of nitrogens with zero attached hydrogens (tertiary/aromatic N) is 3. The molecule has 1 N–H and O–H groups in total. The molecule has 0 unspecified atom stereocenters.